The van der Waals surface area contributed by atoms with E-state index in [9.17, 15) is 18.0 Å². The molecule has 0 saturated carbocycles. The molecule has 32 heavy (non-hydrogen) atoms. The summed E-state index contributed by atoms with van der Waals surface area (Å²) in [6.07, 6.45) is 4.11. The molecule has 0 spiro atoms. The lowest BCUT2D eigenvalue weighted by Gasteiger charge is -2.31. The minimum absolute atomic E-state index is 0.195. The van der Waals surface area contributed by atoms with Gasteiger partial charge in [0.05, 0.1) is 12.0 Å². The first-order valence-electron chi connectivity index (χ1n) is 10.4. The molecule has 2 N–H and O–H groups in total. The number of nitrogens with one attached hydrogen (secondary N) is 2. The minimum atomic E-state index is -3.63. The number of carbonyl (C=O) groups excluding carboxylic acids is 2. The lowest BCUT2D eigenvalue weighted by molar-refractivity contribution is -0.131. The number of hydrogen-bond acceptors (Lipinski definition) is 6. The van der Waals surface area contributed by atoms with Gasteiger partial charge in [0.2, 0.25) is 21.8 Å². The molecule has 0 bridgehead atoms. The Morgan fingerprint density at radius 2 is 1.88 bits per heavy atom. The number of carbonyl (C=O) groups is 2. The van der Waals surface area contributed by atoms with Crippen molar-refractivity contribution in [1.82, 2.24) is 19.9 Å². The van der Waals surface area contributed by atoms with E-state index in [0.717, 1.165) is 5.56 Å². The van der Waals surface area contributed by atoms with Crippen LogP contribution in [-0.2, 0) is 26.2 Å². The van der Waals surface area contributed by atoms with Gasteiger partial charge in [-0.15, -0.1) is 0 Å². The molecular formula is C22H28N4O5S. The molecule has 1 aromatic carbocycles. The Bertz CT molecular complexity index is 1020. The number of ether oxygens (including phenoxy) is 1. The Kier molecular flexibility index (Phi) is 7.81. The molecule has 3 rings (SSSR count). The maximum absolute atomic E-state index is 12.8. The summed E-state index contributed by atoms with van der Waals surface area (Å²) < 4.78 is 32.2. The van der Waals surface area contributed by atoms with Crippen LogP contribution in [0, 0.1) is 5.92 Å². The Morgan fingerprint density at radius 3 is 2.47 bits per heavy atom. The highest BCUT2D eigenvalue weighted by Crippen LogP contribution is 2.25. The SMILES string of the molecule is COc1ccc(S(=O)(=O)N2CCC(C(=O)N[C@@H](C)C(=O)NCc3cccnc3)CC2)cc1. The number of pyridine rings is 1. The normalized spacial score (nSPS) is 16.2. The summed E-state index contributed by atoms with van der Waals surface area (Å²) in [6, 6.07) is 9.18. The molecule has 1 aliphatic heterocycles. The number of aromatic nitrogens is 1. The molecule has 1 aromatic heterocycles. The van der Waals surface area contributed by atoms with Crippen molar-refractivity contribution in [2.45, 2.75) is 37.2 Å². The van der Waals surface area contributed by atoms with Crippen LogP contribution in [0.2, 0.25) is 0 Å². The molecule has 9 nitrogen and oxygen atoms in total. The van der Waals surface area contributed by atoms with Crippen molar-refractivity contribution in [1.29, 1.82) is 0 Å². The molecule has 1 aliphatic rings. The summed E-state index contributed by atoms with van der Waals surface area (Å²) in [4.78, 5) is 29.1. The Balaban J connectivity index is 1.48. The van der Waals surface area contributed by atoms with Gasteiger partial charge in [-0.1, -0.05) is 6.07 Å². The summed E-state index contributed by atoms with van der Waals surface area (Å²) in [5.74, 6) is -0.291. The maximum Gasteiger partial charge on any atom is 0.243 e. The average Bonchev–Trinajstić information content (AvgIpc) is 2.83. The van der Waals surface area contributed by atoms with Crippen molar-refractivity contribution in [2.24, 2.45) is 5.92 Å². The highest BCUT2D eigenvalue weighted by molar-refractivity contribution is 7.89. The van der Waals surface area contributed by atoms with Crippen molar-refractivity contribution in [2.75, 3.05) is 20.2 Å². The third-order valence-electron chi connectivity index (χ3n) is 5.46. The largest absolute Gasteiger partial charge is 0.497 e. The Morgan fingerprint density at radius 1 is 1.19 bits per heavy atom. The predicted octanol–water partition coefficient (Wildman–Crippen LogP) is 1.31. The van der Waals surface area contributed by atoms with E-state index in [2.05, 4.69) is 15.6 Å². The van der Waals surface area contributed by atoms with Gasteiger partial charge in [-0.2, -0.15) is 4.31 Å². The van der Waals surface area contributed by atoms with Gasteiger partial charge < -0.3 is 15.4 Å². The molecule has 2 aromatic rings. The maximum atomic E-state index is 12.8. The van der Waals surface area contributed by atoms with Crippen molar-refractivity contribution in [3.05, 3.63) is 54.4 Å². The molecule has 10 heteroatoms. The Hall–Kier alpha value is -2.98. The van der Waals surface area contributed by atoms with Crippen LogP contribution in [-0.4, -0.2) is 55.8 Å². The standard InChI is InChI=1S/C22H28N4O5S/c1-16(21(27)24-15-17-4-3-11-23-14-17)25-22(28)18-9-12-26(13-10-18)32(29,30)20-7-5-19(31-2)6-8-20/h3-8,11,14,16,18H,9-10,12-13,15H2,1-2H3,(H,24,27)(H,25,28)/t16-/m0/s1. The predicted molar refractivity (Wildman–Crippen MR) is 118 cm³/mol. The number of rotatable bonds is 8. The van der Waals surface area contributed by atoms with Gasteiger partial charge in [-0.25, -0.2) is 8.42 Å². The average molecular weight is 461 g/mol. The third-order valence-corrected chi connectivity index (χ3v) is 7.38. The van der Waals surface area contributed by atoms with Crippen LogP contribution in [0.4, 0.5) is 0 Å². The molecule has 0 radical (unpaired) electrons. The second kappa shape index (κ2) is 10.6. The van der Waals surface area contributed by atoms with E-state index < -0.39 is 16.1 Å². The van der Waals surface area contributed by atoms with Crippen LogP contribution in [0.15, 0.2) is 53.7 Å². The second-order valence-electron chi connectivity index (χ2n) is 7.66. The van der Waals surface area contributed by atoms with E-state index in [0.29, 0.717) is 25.1 Å². The summed E-state index contributed by atoms with van der Waals surface area (Å²) in [7, 11) is -2.11. The van der Waals surface area contributed by atoms with Gasteiger partial charge in [0.1, 0.15) is 11.8 Å². The van der Waals surface area contributed by atoms with E-state index >= 15 is 0 Å². The van der Waals surface area contributed by atoms with Crippen LogP contribution in [0.3, 0.4) is 0 Å². The zero-order chi connectivity index (χ0) is 23.1. The molecule has 1 fully saturated rings. The van der Waals surface area contributed by atoms with Gasteiger partial charge in [-0.05, 0) is 55.7 Å². The van der Waals surface area contributed by atoms with Gasteiger partial charge in [-0.3, -0.25) is 14.6 Å². The topological polar surface area (TPSA) is 118 Å². The molecule has 2 heterocycles. The van der Waals surface area contributed by atoms with Crippen LogP contribution in [0.5, 0.6) is 5.75 Å². The smallest absolute Gasteiger partial charge is 0.243 e. The monoisotopic (exact) mass is 460 g/mol. The van der Waals surface area contributed by atoms with Gasteiger partial charge >= 0.3 is 0 Å². The first-order valence-corrected chi connectivity index (χ1v) is 11.9. The quantitative estimate of drug-likeness (QED) is 0.613. The van der Waals surface area contributed by atoms with E-state index in [1.165, 1.54) is 23.5 Å². The molecule has 1 saturated heterocycles. The molecule has 172 valence electrons. The molecule has 0 unspecified atom stereocenters. The van der Waals surface area contributed by atoms with Crippen LogP contribution in [0.1, 0.15) is 25.3 Å². The van der Waals surface area contributed by atoms with Crippen LogP contribution in [0.25, 0.3) is 0 Å². The van der Waals surface area contributed by atoms with Crippen molar-refractivity contribution < 1.29 is 22.7 Å². The fourth-order valence-corrected chi connectivity index (χ4v) is 4.97. The lowest BCUT2D eigenvalue weighted by atomic mass is 9.97. The molecule has 2 amide bonds. The van der Waals surface area contributed by atoms with Crippen molar-refractivity contribution in [3.8, 4) is 5.75 Å². The number of methoxy groups -OCH3 is 1. The minimum Gasteiger partial charge on any atom is -0.497 e. The van der Waals surface area contributed by atoms with E-state index in [4.69, 9.17) is 4.74 Å². The zero-order valence-electron chi connectivity index (χ0n) is 18.2. The lowest BCUT2D eigenvalue weighted by Crippen LogP contribution is -2.49. The number of nitrogens with zero attached hydrogens (tertiary/aromatic N) is 2. The summed E-state index contributed by atoms with van der Waals surface area (Å²) >= 11 is 0. The summed E-state index contributed by atoms with van der Waals surface area (Å²) in [5, 5.41) is 5.51. The van der Waals surface area contributed by atoms with Crippen LogP contribution < -0.4 is 15.4 Å². The van der Waals surface area contributed by atoms with Gasteiger partial charge in [0.25, 0.3) is 0 Å². The first kappa shape index (κ1) is 23.7. The van der Waals surface area contributed by atoms with Crippen molar-refractivity contribution in [3.63, 3.8) is 0 Å². The Labute approximate surface area is 188 Å². The summed E-state index contributed by atoms with van der Waals surface area (Å²) in [6.45, 7) is 2.44. The number of sulfonamides is 1. The second-order valence-corrected chi connectivity index (χ2v) is 9.60. The third kappa shape index (κ3) is 5.83. The molecule has 1 atom stereocenters. The molecular weight excluding hydrogens is 432 g/mol. The van der Waals surface area contributed by atoms with Gasteiger partial charge in [0, 0.05) is 37.9 Å². The van der Waals surface area contributed by atoms with Crippen LogP contribution >= 0.6 is 0 Å². The number of benzene rings is 1. The number of piperidine rings is 1. The fourth-order valence-electron chi connectivity index (χ4n) is 3.50. The zero-order valence-corrected chi connectivity index (χ0v) is 19.0. The first-order chi connectivity index (χ1) is 15.3. The number of amides is 2. The van der Waals surface area contributed by atoms with E-state index in [1.807, 2.05) is 6.07 Å². The highest BCUT2D eigenvalue weighted by atomic mass is 32.2. The van der Waals surface area contributed by atoms with Gasteiger partial charge in [0.15, 0.2) is 0 Å². The summed E-state index contributed by atoms with van der Waals surface area (Å²) in [5.41, 5.74) is 0.866. The highest BCUT2D eigenvalue weighted by Gasteiger charge is 2.32. The van der Waals surface area contributed by atoms with Crippen molar-refractivity contribution >= 4 is 21.8 Å². The number of hydrogen-bond donors (Lipinski definition) is 2. The van der Waals surface area contributed by atoms with E-state index in [1.54, 1.807) is 37.5 Å². The van der Waals surface area contributed by atoms with E-state index in [-0.39, 0.29) is 35.7 Å². The fraction of sp³-hybridized carbons (Fsp3) is 0.409. The molecule has 0 aliphatic carbocycles.